The lowest BCUT2D eigenvalue weighted by atomic mass is 9.90. The van der Waals surface area contributed by atoms with Crippen molar-refractivity contribution in [3.8, 4) is 0 Å². The smallest absolute Gasteiger partial charge is 0.129 e. The molecular formula is C15H27NO3. The highest BCUT2D eigenvalue weighted by Gasteiger charge is 2.23. The SMILES string of the molecule is CCC(CC)(CC)NCC(O)COCc1ccco1. The van der Waals surface area contributed by atoms with E-state index in [1.165, 1.54) is 0 Å². The molecule has 4 nitrogen and oxygen atoms in total. The Labute approximate surface area is 116 Å². The van der Waals surface area contributed by atoms with Gasteiger partial charge in [0.1, 0.15) is 12.4 Å². The third-order valence-electron chi connectivity index (χ3n) is 3.88. The lowest BCUT2D eigenvalue weighted by Gasteiger charge is -2.33. The summed E-state index contributed by atoms with van der Waals surface area (Å²) in [5, 5.41) is 13.4. The second kappa shape index (κ2) is 8.35. The minimum atomic E-state index is -0.487. The van der Waals surface area contributed by atoms with Gasteiger partial charge < -0.3 is 19.6 Å². The zero-order valence-corrected chi connectivity index (χ0v) is 12.3. The minimum absolute atomic E-state index is 0.141. The van der Waals surface area contributed by atoms with Crippen molar-refractivity contribution in [3.63, 3.8) is 0 Å². The molecule has 19 heavy (non-hydrogen) atoms. The Hall–Kier alpha value is -0.840. The second-order valence-corrected chi connectivity index (χ2v) is 4.97. The molecule has 0 aliphatic heterocycles. The molecule has 0 bridgehead atoms. The van der Waals surface area contributed by atoms with Crippen LogP contribution in [0.2, 0.25) is 0 Å². The highest BCUT2D eigenvalue weighted by atomic mass is 16.5. The van der Waals surface area contributed by atoms with Crippen molar-refractivity contribution in [1.82, 2.24) is 5.32 Å². The van der Waals surface area contributed by atoms with Crippen molar-refractivity contribution in [1.29, 1.82) is 0 Å². The van der Waals surface area contributed by atoms with Crippen LogP contribution in [0.5, 0.6) is 0 Å². The maximum Gasteiger partial charge on any atom is 0.129 e. The van der Waals surface area contributed by atoms with Crippen LogP contribution in [0.4, 0.5) is 0 Å². The Balaban J connectivity index is 2.21. The largest absolute Gasteiger partial charge is 0.467 e. The normalized spacial score (nSPS) is 13.7. The molecule has 1 aromatic rings. The van der Waals surface area contributed by atoms with Crippen LogP contribution in [0, 0.1) is 0 Å². The minimum Gasteiger partial charge on any atom is -0.467 e. The van der Waals surface area contributed by atoms with Gasteiger partial charge in [0.2, 0.25) is 0 Å². The summed E-state index contributed by atoms with van der Waals surface area (Å²) in [6, 6.07) is 3.69. The lowest BCUT2D eigenvalue weighted by Crippen LogP contribution is -2.47. The molecule has 0 aromatic carbocycles. The average Bonchev–Trinajstić information content (AvgIpc) is 2.94. The first kappa shape index (κ1) is 16.2. The molecule has 2 N–H and O–H groups in total. The van der Waals surface area contributed by atoms with E-state index in [-0.39, 0.29) is 5.54 Å². The zero-order valence-electron chi connectivity index (χ0n) is 12.3. The fourth-order valence-corrected chi connectivity index (χ4v) is 2.21. The standard InChI is InChI=1S/C15H27NO3/c1-4-15(5-2,6-3)16-10-13(17)11-18-12-14-8-7-9-19-14/h7-9,13,16-17H,4-6,10-12H2,1-3H3. The molecule has 4 heteroatoms. The third kappa shape index (κ3) is 5.35. The summed E-state index contributed by atoms with van der Waals surface area (Å²) in [4.78, 5) is 0. The molecule has 110 valence electrons. The molecule has 0 aliphatic carbocycles. The molecule has 0 radical (unpaired) electrons. The van der Waals surface area contributed by atoms with Crippen LogP contribution in [0.25, 0.3) is 0 Å². The van der Waals surface area contributed by atoms with Crippen molar-refractivity contribution in [2.45, 2.75) is 58.3 Å². The molecule has 0 fully saturated rings. The van der Waals surface area contributed by atoms with Crippen molar-refractivity contribution < 1.29 is 14.3 Å². The van der Waals surface area contributed by atoms with Gasteiger partial charge in [-0.15, -0.1) is 0 Å². The Morgan fingerprint density at radius 2 is 2.00 bits per heavy atom. The number of rotatable bonds is 10. The van der Waals surface area contributed by atoms with Gasteiger partial charge in [0, 0.05) is 12.1 Å². The topological polar surface area (TPSA) is 54.6 Å². The summed E-state index contributed by atoms with van der Waals surface area (Å²) in [6.45, 7) is 7.83. The number of aliphatic hydroxyl groups is 1. The molecule has 0 saturated carbocycles. The first-order chi connectivity index (χ1) is 9.15. The molecular weight excluding hydrogens is 242 g/mol. The van der Waals surface area contributed by atoms with Crippen molar-refractivity contribution in [2.24, 2.45) is 0 Å². The van der Waals surface area contributed by atoms with E-state index in [9.17, 15) is 5.11 Å². The van der Waals surface area contributed by atoms with Crippen LogP contribution < -0.4 is 5.32 Å². The van der Waals surface area contributed by atoms with Crippen LogP contribution in [0.1, 0.15) is 45.8 Å². The van der Waals surface area contributed by atoms with Gasteiger partial charge in [-0.25, -0.2) is 0 Å². The van der Waals surface area contributed by atoms with E-state index in [4.69, 9.17) is 9.15 Å². The molecule has 0 spiro atoms. The Morgan fingerprint density at radius 1 is 1.32 bits per heavy atom. The fraction of sp³-hybridized carbons (Fsp3) is 0.733. The lowest BCUT2D eigenvalue weighted by molar-refractivity contribution is 0.0183. The summed E-state index contributed by atoms with van der Waals surface area (Å²) in [5.41, 5.74) is 0.141. The highest BCUT2D eigenvalue weighted by molar-refractivity contribution is 4.96. The summed E-state index contributed by atoms with van der Waals surface area (Å²) in [5.74, 6) is 0.783. The zero-order chi connectivity index (χ0) is 14.1. The fourth-order valence-electron chi connectivity index (χ4n) is 2.21. The summed E-state index contributed by atoms with van der Waals surface area (Å²) < 4.78 is 10.6. The predicted octanol–water partition coefficient (Wildman–Crippen LogP) is 2.72. The van der Waals surface area contributed by atoms with E-state index in [2.05, 4.69) is 26.1 Å². The van der Waals surface area contributed by atoms with Gasteiger partial charge in [0.05, 0.1) is 19.0 Å². The van der Waals surface area contributed by atoms with E-state index in [1.54, 1.807) is 6.26 Å². The van der Waals surface area contributed by atoms with Gasteiger partial charge in [-0.2, -0.15) is 0 Å². The van der Waals surface area contributed by atoms with Crippen LogP contribution in [0.15, 0.2) is 22.8 Å². The summed E-state index contributed by atoms with van der Waals surface area (Å²) in [6.07, 6.45) is 4.34. The number of aliphatic hydroxyl groups excluding tert-OH is 1. The van der Waals surface area contributed by atoms with E-state index >= 15 is 0 Å². The molecule has 0 amide bonds. The maximum atomic E-state index is 9.91. The van der Waals surface area contributed by atoms with E-state index in [0.29, 0.717) is 19.8 Å². The van der Waals surface area contributed by atoms with Gasteiger partial charge in [-0.1, -0.05) is 20.8 Å². The number of ether oxygens (including phenoxy) is 1. The van der Waals surface area contributed by atoms with Crippen LogP contribution in [0.3, 0.4) is 0 Å². The molecule has 1 rings (SSSR count). The van der Waals surface area contributed by atoms with E-state index in [0.717, 1.165) is 25.0 Å². The van der Waals surface area contributed by atoms with Gasteiger partial charge in [-0.05, 0) is 31.4 Å². The Morgan fingerprint density at radius 3 is 2.53 bits per heavy atom. The van der Waals surface area contributed by atoms with Crippen molar-refractivity contribution in [2.75, 3.05) is 13.2 Å². The molecule has 1 unspecified atom stereocenters. The maximum absolute atomic E-state index is 9.91. The molecule has 0 saturated heterocycles. The first-order valence-electron chi connectivity index (χ1n) is 7.19. The summed E-state index contributed by atoms with van der Waals surface area (Å²) in [7, 11) is 0. The Bertz CT molecular complexity index is 312. The van der Waals surface area contributed by atoms with Gasteiger partial charge in [0.15, 0.2) is 0 Å². The van der Waals surface area contributed by atoms with Crippen LogP contribution in [-0.2, 0) is 11.3 Å². The predicted molar refractivity (Wildman–Crippen MR) is 76.0 cm³/mol. The van der Waals surface area contributed by atoms with E-state index < -0.39 is 6.10 Å². The number of hydrogen-bond donors (Lipinski definition) is 2. The van der Waals surface area contributed by atoms with Crippen LogP contribution >= 0.6 is 0 Å². The quantitative estimate of drug-likeness (QED) is 0.686. The molecule has 1 aromatic heterocycles. The van der Waals surface area contributed by atoms with Crippen LogP contribution in [-0.4, -0.2) is 29.9 Å². The number of hydrogen-bond acceptors (Lipinski definition) is 4. The Kier molecular flexibility index (Phi) is 7.13. The molecule has 0 aliphatic rings. The van der Waals surface area contributed by atoms with Crippen molar-refractivity contribution in [3.05, 3.63) is 24.2 Å². The third-order valence-corrected chi connectivity index (χ3v) is 3.88. The van der Waals surface area contributed by atoms with E-state index in [1.807, 2.05) is 12.1 Å². The number of nitrogens with one attached hydrogen (secondary N) is 1. The average molecular weight is 269 g/mol. The van der Waals surface area contributed by atoms with Gasteiger partial charge in [-0.3, -0.25) is 0 Å². The number of furan rings is 1. The second-order valence-electron chi connectivity index (χ2n) is 4.97. The summed E-state index contributed by atoms with van der Waals surface area (Å²) >= 11 is 0. The van der Waals surface area contributed by atoms with Gasteiger partial charge in [0.25, 0.3) is 0 Å². The first-order valence-corrected chi connectivity index (χ1v) is 7.19. The monoisotopic (exact) mass is 269 g/mol. The molecule has 1 heterocycles. The molecule has 1 atom stereocenters. The van der Waals surface area contributed by atoms with Gasteiger partial charge >= 0.3 is 0 Å². The highest BCUT2D eigenvalue weighted by Crippen LogP contribution is 2.18. The number of β-amino-alcohol motifs (C(OH)–C–C–N with tert-alkyl or cyclic N) is 1. The van der Waals surface area contributed by atoms with Crippen molar-refractivity contribution >= 4 is 0 Å².